The zero-order valence-electron chi connectivity index (χ0n) is 19.7. The lowest BCUT2D eigenvalue weighted by Crippen LogP contribution is -2.56. The Kier molecular flexibility index (Phi) is 14.1. The lowest BCUT2D eigenvalue weighted by Gasteiger charge is -2.24. The molecule has 32 heavy (non-hydrogen) atoms. The molecule has 9 nitrogen and oxygen atoms in total. The van der Waals surface area contributed by atoms with Crippen LogP contribution in [0.15, 0.2) is 30.3 Å². The molecule has 1 aromatic rings. The number of nitrogens with one attached hydrogen (secondary N) is 3. The van der Waals surface area contributed by atoms with Crippen molar-refractivity contribution >= 4 is 17.8 Å². The van der Waals surface area contributed by atoms with Crippen LogP contribution in [0.1, 0.15) is 46.6 Å². The summed E-state index contributed by atoms with van der Waals surface area (Å²) in [6.07, 6.45) is 1.15. The van der Waals surface area contributed by atoms with Gasteiger partial charge in [0.1, 0.15) is 12.1 Å². The van der Waals surface area contributed by atoms with Gasteiger partial charge in [-0.25, -0.2) is 0 Å². The van der Waals surface area contributed by atoms with Crippen molar-refractivity contribution in [2.24, 2.45) is 17.6 Å². The minimum absolute atomic E-state index is 0.0606. The number of carbonyl (C=O) groups is 3. The quantitative estimate of drug-likeness (QED) is 0.343. The molecule has 0 saturated carbocycles. The summed E-state index contributed by atoms with van der Waals surface area (Å²) in [4.78, 5) is 34.8. The van der Waals surface area contributed by atoms with Gasteiger partial charge in [-0.1, -0.05) is 58.0 Å². The van der Waals surface area contributed by atoms with E-state index in [-0.39, 0.29) is 24.5 Å². The number of aliphatic hydroxyl groups is 1. The summed E-state index contributed by atoms with van der Waals surface area (Å²) in [6.45, 7) is 8.75. The van der Waals surface area contributed by atoms with Crippen molar-refractivity contribution in [1.29, 1.82) is 0 Å². The van der Waals surface area contributed by atoms with Gasteiger partial charge in [-0.15, -0.1) is 6.04 Å². The van der Waals surface area contributed by atoms with Gasteiger partial charge in [0.25, 0.3) is 0 Å². The number of amides is 2. The van der Waals surface area contributed by atoms with Crippen LogP contribution >= 0.6 is 0 Å². The van der Waals surface area contributed by atoms with Crippen molar-refractivity contribution in [3.05, 3.63) is 41.6 Å². The Morgan fingerprint density at radius 2 is 1.56 bits per heavy atom. The maximum atomic E-state index is 12.0. The molecule has 0 saturated heterocycles. The molecule has 0 heterocycles. The lowest BCUT2D eigenvalue weighted by atomic mass is 10.0. The summed E-state index contributed by atoms with van der Waals surface area (Å²) < 4.78 is 0. The van der Waals surface area contributed by atoms with Gasteiger partial charge in [0.15, 0.2) is 0 Å². The number of carboxylic acids is 1. The van der Waals surface area contributed by atoms with E-state index in [1.54, 1.807) is 13.8 Å². The SMILES string of the molecule is CC(C)C[C@H](N)C(=O)N[C@H](C(=O)N[C@@H](C)C(=O)O)C(C)C.[NH-][C@H](CO)Cc1ccccc1. The van der Waals surface area contributed by atoms with Gasteiger partial charge in [-0.2, -0.15) is 0 Å². The van der Waals surface area contributed by atoms with E-state index in [0.717, 1.165) is 5.56 Å². The standard InChI is InChI=1S/C14H27N3O4.C9H12NO/c1-7(2)6-10(15)12(18)17-11(8(3)4)13(19)16-9(5)14(20)21;10-9(7-11)6-8-4-2-1-3-5-8/h7-11H,6,15H2,1-5H3,(H,16,19)(H,17,18)(H,20,21);1-5,9-11H,6-7H2/q;-1/t9-,10-,11-;9-/m00/s1. The van der Waals surface area contributed by atoms with Crippen LogP contribution in [-0.2, 0) is 20.8 Å². The molecular formula is C23H39N4O5-. The fourth-order valence-corrected chi connectivity index (χ4v) is 2.74. The van der Waals surface area contributed by atoms with Gasteiger partial charge < -0.3 is 32.3 Å². The number of benzene rings is 1. The summed E-state index contributed by atoms with van der Waals surface area (Å²) in [5.41, 5.74) is 14.2. The van der Waals surface area contributed by atoms with Crippen molar-refractivity contribution in [2.75, 3.05) is 6.61 Å². The van der Waals surface area contributed by atoms with Gasteiger partial charge in [0.2, 0.25) is 11.8 Å². The minimum atomic E-state index is -1.13. The highest BCUT2D eigenvalue weighted by atomic mass is 16.4. The van der Waals surface area contributed by atoms with Crippen LogP contribution in [0.25, 0.3) is 5.73 Å². The lowest BCUT2D eigenvalue weighted by molar-refractivity contribution is -0.142. The summed E-state index contributed by atoms with van der Waals surface area (Å²) >= 11 is 0. The third kappa shape index (κ3) is 12.4. The fraction of sp³-hybridized carbons (Fsp3) is 0.609. The highest BCUT2D eigenvalue weighted by Gasteiger charge is 2.28. The maximum Gasteiger partial charge on any atom is 0.325 e. The minimum Gasteiger partial charge on any atom is -0.673 e. The smallest absolute Gasteiger partial charge is 0.325 e. The van der Waals surface area contributed by atoms with Crippen molar-refractivity contribution in [1.82, 2.24) is 10.6 Å². The first kappa shape index (κ1) is 29.5. The van der Waals surface area contributed by atoms with Crippen LogP contribution in [0, 0.1) is 11.8 Å². The number of aliphatic hydroxyl groups excluding tert-OH is 1. The molecule has 0 aliphatic heterocycles. The molecule has 9 heteroatoms. The molecule has 0 radical (unpaired) electrons. The summed E-state index contributed by atoms with van der Waals surface area (Å²) in [7, 11) is 0. The molecule has 0 aliphatic carbocycles. The van der Waals surface area contributed by atoms with Gasteiger partial charge in [0.05, 0.1) is 6.04 Å². The number of carboxylic acid groups (broad SMARTS) is 1. The van der Waals surface area contributed by atoms with E-state index in [1.807, 2.05) is 44.2 Å². The third-order valence-electron chi connectivity index (χ3n) is 4.58. The Morgan fingerprint density at radius 3 is 2.00 bits per heavy atom. The first-order chi connectivity index (χ1) is 14.9. The molecule has 0 aromatic heterocycles. The van der Waals surface area contributed by atoms with E-state index in [9.17, 15) is 14.4 Å². The molecule has 0 fully saturated rings. The van der Waals surface area contributed by atoms with E-state index in [0.29, 0.717) is 12.8 Å². The number of nitrogens with two attached hydrogens (primary N) is 1. The van der Waals surface area contributed by atoms with E-state index in [4.69, 9.17) is 21.7 Å². The molecule has 0 spiro atoms. The number of hydrogen-bond donors (Lipinski definition) is 5. The van der Waals surface area contributed by atoms with Crippen molar-refractivity contribution in [3.63, 3.8) is 0 Å². The van der Waals surface area contributed by atoms with Crippen molar-refractivity contribution < 1.29 is 24.6 Å². The largest absolute Gasteiger partial charge is 0.673 e. The van der Waals surface area contributed by atoms with Crippen LogP contribution in [0.3, 0.4) is 0 Å². The predicted molar refractivity (Wildman–Crippen MR) is 125 cm³/mol. The van der Waals surface area contributed by atoms with Crippen LogP contribution in [0.5, 0.6) is 0 Å². The Bertz CT molecular complexity index is 697. The Hall–Kier alpha value is -2.49. The van der Waals surface area contributed by atoms with E-state index >= 15 is 0 Å². The zero-order chi connectivity index (χ0) is 24.8. The summed E-state index contributed by atoms with van der Waals surface area (Å²) in [6, 6.07) is 6.89. The molecular weight excluding hydrogens is 412 g/mol. The van der Waals surface area contributed by atoms with Crippen molar-refractivity contribution in [2.45, 2.75) is 71.6 Å². The van der Waals surface area contributed by atoms with E-state index < -0.39 is 35.9 Å². The molecule has 1 aromatic carbocycles. The maximum absolute atomic E-state index is 12.0. The van der Waals surface area contributed by atoms with E-state index in [2.05, 4.69) is 10.6 Å². The summed E-state index contributed by atoms with van der Waals surface area (Å²) in [5.74, 6) is -1.97. The molecule has 0 bridgehead atoms. The normalized spacial score (nSPS) is 14.6. The number of rotatable bonds is 11. The zero-order valence-corrected chi connectivity index (χ0v) is 19.7. The Balaban J connectivity index is 0.000000726. The van der Waals surface area contributed by atoms with Crippen molar-refractivity contribution in [3.8, 4) is 0 Å². The first-order valence-corrected chi connectivity index (χ1v) is 10.8. The Labute approximate surface area is 190 Å². The molecule has 0 unspecified atom stereocenters. The van der Waals surface area contributed by atoms with Crippen LogP contribution < -0.4 is 16.4 Å². The molecule has 2 amide bonds. The Morgan fingerprint density at radius 1 is 1.00 bits per heavy atom. The number of hydrogen-bond acceptors (Lipinski definition) is 5. The second-order valence-electron chi connectivity index (χ2n) is 8.60. The molecule has 4 atom stereocenters. The molecule has 7 N–H and O–H groups in total. The second kappa shape index (κ2) is 15.3. The number of aliphatic carboxylic acids is 1. The molecule has 182 valence electrons. The van der Waals surface area contributed by atoms with Gasteiger partial charge >= 0.3 is 5.97 Å². The van der Waals surface area contributed by atoms with Gasteiger partial charge in [0, 0.05) is 6.61 Å². The van der Waals surface area contributed by atoms with Crippen LogP contribution in [0.2, 0.25) is 0 Å². The van der Waals surface area contributed by atoms with E-state index in [1.165, 1.54) is 6.92 Å². The third-order valence-corrected chi connectivity index (χ3v) is 4.58. The average Bonchev–Trinajstić information content (AvgIpc) is 2.71. The average molecular weight is 452 g/mol. The highest BCUT2D eigenvalue weighted by Crippen LogP contribution is 2.07. The molecule has 0 aliphatic rings. The predicted octanol–water partition coefficient (Wildman–Crippen LogP) is 1.73. The summed E-state index contributed by atoms with van der Waals surface area (Å²) in [5, 5.41) is 22.4. The first-order valence-electron chi connectivity index (χ1n) is 10.8. The monoisotopic (exact) mass is 451 g/mol. The fourth-order valence-electron chi connectivity index (χ4n) is 2.74. The molecule has 1 rings (SSSR count). The van der Waals surface area contributed by atoms with Gasteiger partial charge in [-0.3, -0.25) is 14.4 Å². The second-order valence-corrected chi connectivity index (χ2v) is 8.60. The number of carbonyl (C=O) groups excluding carboxylic acids is 2. The topological polar surface area (TPSA) is 166 Å². The highest BCUT2D eigenvalue weighted by molar-refractivity contribution is 5.91. The van der Waals surface area contributed by atoms with Gasteiger partial charge in [-0.05, 0) is 37.2 Å². The van der Waals surface area contributed by atoms with Crippen LogP contribution in [-0.4, -0.2) is 58.8 Å². The van der Waals surface area contributed by atoms with Crippen LogP contribution in [0.4, 0.5) is 0 Å².